The van der Waals surface area contributed by atoms with Crippen LogP contribution in [-0.2, 0) is 11.0 Å². The molecule has 33 heavy (non-hydrogen) atoms. The van der Waals surface area contributed by atoms with E-state index in [1.54, 1.807) is 24.3 Å². The molecule has 2 aromatic rings. The van der Waals surface area contributed by atoms with Gasteiger partial charge in [-0.15, -0.1) is 0 Å². The highest BCUT2D eigenvalue weighted by Crippen LogP contribution is 2.31. The first-order valence-corrected chi connectivity index (χ1v) is 11.5. The monoisotopic (exact) mass is 462 g/mol. The minimum Gasteiger partial charge on any atom is -0.478 e. The SMILES string of the molecule is CC(C)CNC(=O)/C=C/C=C/CCCCCCCOc1ccc2cc(C(F)(F)F)ccc2n1. The summed E-state index contributed by atoms with van der Waals surface area (Å²) >= 11 is 0. The third-order valence-electron chi connectivity index (χ3n) is 4.94. The highest BCUT2D eigenvalue weighted by Gasteiger charge is 2.30. The Kier molecular flexibility index (Phi) is 10.9. The van der Waals surface area contributed by atoms with Gasteiger partial charge in [0.1, 0.15) is 0 Å². The Bertz CT molecular complexity index is 937. The summed E-state index contributed by atoms with van der Waals surface area (Å²) in [4.78, 5) is 15.8. The molecule has 0 saturated carbocycles. The Hall–Kier alpha value is -2.83. The molecule has 4 nitrogen and oxygen atoms in total. The number of benzene rings is 1. The van der Waals surface area contributed by atoms with Gasteiger partial charge in [0.2, 0.25) is 11.8 Å². The molecule has 0 aliphatic carbocycles. The average Bonchev–Trinajstić information content (AvgIpc) is 2.77. The van der Waals surface area contributed by atoms with Crippen LogP contribution in [0.4, 0.5) is 13.2 Å². The van der Waals surface area contributed by atoms with Crippen LogP contribution in [0.15, 0.2) is 54.6 Å². The molecule has 0 atom stereocenters. The highest BCUT2D eigenvalue weighted by atomic mass is 19.4. The summed E-state index contributed by atoms with van der Waals surface area (Å²) in [6.45, 7) is 5.32. The van der Waals surface area contributed by atoms with Gasteiger partial charge in [0, 0.05) is 24.1 Å². The number of carbonyl (C=O) groups excluding carboxylic acids is 1. The van der Waals surface area contributed by atoms with Crippen LogP contribution in [0, 0.1) is 5.92 Å². The number of pyridine rings is 1. The van der Waals surface area contributed by atoms with Crippen molar-refractivity contribution in [3.63, 3.8) is 0 Å². The minimum atomic E-state index is -4.36. The van der Waals surface area contributed by atoms with Crippen LogP contribution >= 0.6 is 0 Å². The molecular weight excluding hydrogens is 429 g/mol. The lowest BCUT2D eigenvalue weighted by atomic mass is 10.1. The van der Waals surface area contributed by atoms with Crippen LogP contribution in [0.25, 0.3) is 10.9 Å². The molecule has 1 amide bonds. The number of unbranched alkanes of at least 4 members (excludes halogenated alkanes) is 5. The molecule has 2 rings (SSSR count). The summed E-state index contributed by atoms with van der Waals surface area (Å²) in [5.41, 5.74) is -0.193. The van der Waals surface area contributed by atoms with E-state index in [-0.39, 0.29) is 5.91 Å². The van der Waals surface area contributed by atoms with Crippen molar-refractivity contribution in [1.29, 1.82) is 0 Å². The molecular formula is C26H33F3N2O2. The van der Waals surface area contributed by atoms with Crippen molar-refractivity contribution in [1.82, 2.24) is 10.3 Å². The number of carbonyl (C=O) groups is 1. The average molecular weight is 463 g/mol. The van der Waals surface area contributed by atoms with Gasteiger partial charge in [-0.25, -0.2) is 4.98 Å². The van der Waals surface area contributed by atoms with Crippen LogP contribution in [0.1, 0.15) is 57.9 Å². The number of fused-ring (bicyclic) bond motifs is 1. The van der Waals surface area contributed by atoms with Crippen molar-refractivity contribution in [2.75, 3.05) is 13.2 Å². The summed E-state index contributed by atoms with van der Waals surface area (Å²) in [7, 11) is 0. The molecule has 1 aromatic carbocycles. The van der Waals surface area contributed by atoms with Gasteiger partial charge < -0.3 is 10.1 Å². The first-order valence-electron chi connectivity index (χ1n) is 11.5. The molecule has 7 heteroatoms. The lowest BCUT2D eigenvalue weighted by Gasteiger charge is -2.09. The van der Waals surface area contributed by atoms with Crippen molar-refractivity contribution in [2.24, 2.45) is 5.92 Å². The number of nitrogens with one attached hydrogen (secondary N) is 1. The largest absolute Gasteiger partial charge is 0.478 e. The van der Waals surface area contributed by atoms with Crippen LogP contribution in [0.2, 0.25) is 0 Å². The topological polar surface area (TPSA) is 51.2 Å². The first kappa shape index (κ1) is 26.4. The van der Waals surface area contributed by atoms with E-state index < -0.39 is 11.7 Å². The lowest BCUT2D eigenvalue weighted by molar-refractivity contribution is -0.137. The van der Waals surface area contributed by atoms with Crippen LogP contribution in [-0.4, -0.2) is 24.0 Å². The van der Waals surface area contributed by atoms with Crippen molar-refractivity contribution in [2.45, 2.75) is 58.5 Å². The minimum absolute atomic E-state index is 0.0648. The molecule has 0 radical (unpaired) electrons. The molecule has 0 aliphatic rings. The molecule has 0 fully saturated rings. The predicted molar refractivity (Wildman–Crippen MR) is 126 cm³/mol. The molecule has 0 spiro atoms. The zero-order valence-corrected chi connectivity index (χ0v) is 19.3. The van der Waals surface area contributed by atoms with Gasteiger partial charge in [-0.3, -0.25) is 4.79 Å². The van der Waals surface area contributed by atoms with Crippen molar-refractivity contribution in [3.05, 3.63) is 60.2 Å². The standard InChI is InChI=1S/C26H33F3N2O2/c1-20(2)19-30-24(32)12-10-8-6-4-3-5-7-9-11-17-33-25-16-13-21-18-22(26(27,28)29)14-15-23(21)31-25/h6,8,10,12-16,18,20H,3-5,7,9,11,17,19H2,1-2H3,(H,30,32)/b8-6+,12-10+. The summed E-state index contributed by atoms with van der Waals surface area (Å²) in [6.07, 6.45) is 9.17. The molecule has 0 bridgehead atoms. The molecule has 1 N–H and O–H groups in total. The number of rotatable bonds is 13. The number of hydrogen-bond acceptors (Lipinski definition) is 3. The summed E-state index contributed by atoms with van der Waals surface area (Å²) in [5, 5.41) is 3.27. The van der Waals surface area contributed by atoms with Crippen molar-refractivity contribution < 1.29 is 22.7 Å². The molecule has 1 aromatic heterocycles. The lowest BCUT2D eigenvalue weighted by Crippen LogP contribution is -2.25. The van der Waals surface area contributed by atoms with Gasteiger partial charge in [0.05, 0.1) is 17.7 Å². The second-order valence-corrected chi connectivity index (χ2v) is 8.39. The van der Waals surface area contributed by atoms with Crippen LogP contribution in [0.5, 0.6) is 5.88 Å². The zero-order valence-electron chi connectivity index (χ0n) is 19.3. The predicted octanol–water partition coefficient (Wildman–Crippen LogP) is 6.86. The van der Waals surface area contributed by atoms with Crippen LogP contribution in [0.3, 0.4) is 0 Å². The van der Waals surface area contributed by atoms with Crippen LogP contribution < -0.4 is 10.1 Å². The van der Waals surface area contributed by atoms with Gasteiger partial charge in [-0.05, 0) is 49.4 Å². The Morgan fingerprint density at radius 1 is 1.06 bits per heavy atom. The van der Waals surface area contributed by atoms with E-state index in [9.17, 15) is 18.0 Å². The smallest absolute Gasteiger partial charge is 0.416 e. The zero-order chi connectivity index (χ0) is 24.1. The second kappa shape index (κ2) is 13.7. The maximum Gasteiger partial charge on any atom is 0.416 e. The van der Waals surface area contributed by atoms with E-state index in [1.807, 2.05) is 6.08 Å². The molecule has 0 saturated heterocycles. The normalized spacial score (nSPS) is 12.3. The summed E-state index contributed by atoms with van der Waals surface area (Å²) < 4.78 is 44.0. The van der Waals surface area contributed by atoms with E-state index >= 15 is 0 Å². The maximum atomic E-state index is 12.8. The molecule has 1 heterocycles. The van der Waals surface area contributed by atoms with Crippen molar-refractivity contribution >= 4 is 16.8 Å². The third-order valence-corrected chi connectivity index (χ3v) is 4.94. The third kappa shape index (κ3) is 10.6. The van der Waals surface area contributed by atoms with E-state index in [2.05, 4.69) is 30.2 Å². The van der Waals surface area contributed by atoms with E-state index in [1.165, 1.54) is 6.07 Å². The number of aromatic nitrogens is 1. The van der Waals surface area contributed by atoms with Gasteiger partial charge >= 0.3 is 6.18 Å². The molecule has 180 valence electrons. The van der Waals surface area contributed by atoms with Gasteiger partial charge in [-0.1, -0.05) is 51.3 Å². The molecule has 0 unspecified atom stereocenters. The number of hydrogen-bond donors (Lipinski definition) is 1. The fraction of sp³-hybridized carbons (Fsp3) is 0.462. The fourth-order valence-electron chi connectivity index (χ4n) is 3.12. The van der Waals surface area contributed by atoms with E-state index in [4.69, 9.17) is 4.74 Å². The quantitative estimate of drug-likeness (QED) is 0.201. The Morgan fingerprint density at radius 3 is 2.58 bits per heavy atom. The van der Waals surface area contributed by atoms with Gasteiger partial charge in [0.15, 0.2) is 0 Å². The number of halogens is 3. The maximum absolute atomic E-state index is 12.8. The Labute approximate surface area is 193 Å². The van der Waals surface area contributed by atoms with E-state index in [0.29, 0.717) is 35.9 Å². The van der Waals surface area contributed by atoms with Crippen molar-refractivity contribution in [3.8, 4) is 5.88 Å². The Balaban J connectivity index is 1.55. The van der Waals surface area contributed by atoms with E-state index in [0.717, 1.165) is 50.7 Å². The number of nitrogens with zero attached hydrogens (tertiary/aromatic N) is 1. The number of amides is 1. The molecule has 0 aliphatic heterocycles. The van der Waals surface area contributed by atoms with Gasteiger partial charge in [0.25, 0.3) is 0 Å². The number of ether oxygens (including phenoxy) is 1. The summed E-state index contributed by atoms with van der Waals surface area (Å²) in [5.74, 6) is 0.807. The number of alkyl halides is 3. The number of allylic oxidation sites excluding steroid dienone is 3. The highest BCUT2D eigenvalue weighted by molar-refractivity contribution is 5.87. The fourth-order valence-corrected chi connectivity index (χ4v) is 3.12. The Morgan fingerprint density at radius 2 is 1.82 bits per heavy atom. The summed E-state index contributed by atoms with van der Waals surface area (Å²) in [6, 6.07) is 6.72. The second-order valence-electron chi connectivity index (χ2n) is 8.39. The first-order chi connectivity index (χ1) is 15.8. The van der Waals surface area contributed by atoms with Gasteiger partial charge in [-0.2, -0.15) is 13.2 Å².